The Kier molecular flexibility index (Phi) is 7.55. The third-order valence-electron chi connectivity index (χ3n) is 3.82. The summed E-state index contributed by atoms with van der Waals surface area (Å²) in [5, 5.41) is 11.3. The summed E-state index contributed by atoms with van der Waals surface area (Å²) in [5.41, 5.74) is 7.57. The van der Waals surface area contributed by atoms with E-state index in [0.29, 0.717) is 5.02 Å². The summed E-state index contributed by atoms with van der Waals surface area (Å²) in [5.74, 6) is 0. The first-order valence-corrected chi connectivity index (χ1v) is 9.17. The number of sulfonamides is 1. The molecule has 2 aromatic carbocycles. The van der Waals surface area contributed by atoms with Crippen LogP contribution < -0.4 is 5.73 Å². The van der Waals surface area contributed by atoms with Crippen molar-refractivity contribution in [2.75, 3.05) is 13.6 Å². The largest absolute Gasteiger partial charge is 0.323 e. The molecular formula is C16H19Cl2N3O4S. The fourth-order valence-corrected chi connectivity index (χ4v) is 3.61. The van der Waals surface area contributed by atoms with Crippen molar-refractivity contribution in [2.24, 2.45) is 5.73 Å². The van der Waals surface area contributed by atoms with E-state index in [4.69, 9.17) is 17.3 Å². The Morgan fingerprint density at radius 3 is 2.31 bits per heavy atom. The Bertz CT molecular complexity index is 889. The molecule has 0 amide bonds. The van der Waals surface area contributed by atoms with Crippen LogP contribution >= 0.6 is 24.0 Å². The van der Waals surface area contributed by atoms with Crippen molar-refractivity contribution in [3.05, 3.63) is 68.7 Å². The molecule has 0 heterocycles. The van der Waals surface area contributed by atoms with Crippen molar-refractivity contribution in [3.63, 3.8) is 0 Å². The number of hydrogen-bond acceptors (Lipinski definition) is 5. The molecule has 2 N–H and O–H groups in total. The molecule has 0 aliphatic rings. The van der Waals surface area contributed by atoms with Crippen LogP contribution in [-0.2, 0) is 10.0 Å². The monoisotopic (exact) mass is 419 g/mol. The van der Waals surface area contributed by atoms with Gasteiger partial charge in [-0.25, -0.2) is 8.42 Å². The Labute approximate surface area is 163 Å². The van der Waals surface area contributed by atoms with Gasteiger partial charge in [-0.05, 0) is 36.2 Å². The smallest absolute Gasteiger partial charge is 0.269 e. The zero-order chi connectivity index (χ0) is 18.8. The Balaban J connectivity index is 0.00000338. The van der Waals surface area contributed by atoms with Gasteiger partial charge in [0, 0.05) is 36.8 Å². The lowest BCUT2D eigenvalue weighted by atomic mass is 10.1. The van der Waals surface area contributed by atoms with Gasteiger partial charge in [0.2, 0.25) is 10.0 Å². The van der Waals surface area contributed by atoms with Gasteiger partial charge in [0.15, 0.2) is 0 Å². The highest BCUT2D eigenvalue weighted by Crippen LogP contribution is 2.23. The molecule has 0 saturated carbocycles. The number of nitro groups is 1. The molecule has 2 rings (SSSR count). The second-order valence-electron chi connectivity index (χ2n) is 5.65. The molecule has 0 saturated heterocycles. The molecule has 0 unspecified atom stereocenters. The maximum Gasteiger partial charge on any atom is 0.269 e. The summed E-state index contributed by atoms with van der Waals surface area (Å²) in [6.07, 6.45) is 0. The van der Waals surface area contributed by atoms with Crippen LogP contribution in [0.2, 0.25) is 5.02 Å². The molecule has 7 nitrogen and oxygen atoms in total. The summed E-state index contributed by atoms with van der Waals surface area (Å²) < 4.78 is 26.3. The average Bonchev–Trinajstić information content (AvgIpc) is 2.57. The lowest BCUT2D eigenvalue weighted by Gasteiger charge is -2.22. The first-order chi connectivity index (χ1) is 11.6. The summed E-state index contributed by atoms with van der Waals surface area (Å²) in [4.78, 5) is 10.1. The Hall–Kier alpha value is -1.71. The first-order valence-electron chi connectivity index (χ1n) is 7.35. The van der Waals surface area contributed by atoms with Gasteiger partial charge in [-0.1, -0.05) is 23.7 Å². The molecule has 0 fully saturated rings. The number of benzene rings is 2. The number of nitrogens with zero attached hydrogens (tertiary/aromatic N) is 2. The van der Waals surface area contributed by atoms with E-state index in [-0.39, 0.29) is 29.5 Å². The highest BCUT2D eigenvalue weighted by molar-refractivity contribution is 7.89. The van der Waals surface area contributed by atoms with Crippen molar-refractivity contribution in [1.82, 2.24) is 4.31 Å². The van der Waals surface area contributed by atoms with Crippen molar-refractivity contribution in [2.45, 2.75) is 17.9 Å². The number of likely N-dealkylation sites (N-methyl/N-ethyl adjacent to an activating group) is 1. The van der Waals surface area contributed by atoms with Crippen LogP contribution in [0.3, 0.4) is 0 Å². The van der Waals surface area contributed by atoms with Crippen LogP contribution in [0, 0.1) is 17.0 Å². The number of halogens is 2. The minimum absolute atomic E-state index is 0. The standard InChI is InChI=1S/C16H18ClN3O4S.ClH/c1-11-9-12(3-8-15(11)17)16(18)10-19(2)25(23,24)14-6-4-13(5-7-14)20(21)22;/h3-9,16H,10,18H2,1-2H3;1H/t16-;/m0./s1. The number of nitrogens with two attached hydrogens (primary N) is 1. The normalized spacial score (nSPS) is 12.5. The van der Waals surface area contributed by atoms with Gasteiger partial charge < -0.3 is 5.73 Å². The van der Waals surface area contributed by atoms with Crippen LogP contribution in [0.5, 0.6) is 0 Å². The lowest BCUT2D eigenvalue weighted by Crippen LogP contribution is -2.34. The van der Waals surface area contributed by atoms with Gasteiger partial charge in [0.25, 0.3) is 5.69 Å². The molecular weight excluding hydrogens is 401 g/mol. The number of rotatable bonds is 6. The van der Waals surface area contributed by atoms with Crippen molar-refractivity contribution < 1.29 is 13.3 Å². The van der Waals surface area contributed by atoms with Gasteiger partial charge in [0.1, 0.15) is 0 Å². The number of aryl methyl sites for hydroxylation is 1. The number of nitro benzene ring substituents is 1. The van der Waals surface area contributed by atoms with E-state index in [9.17, 15) is 18.5 Å². The van der Waals surface area contributed by atoms with E-state index in [1.165, 1.54) is 19.2 Å². The summed E-state index contributed by atoms with van der Waals surface area (Å²) in [7, 11) is -2.38. The number of hydrogen-bond donors (Lipinski definition) is 1. The molecule has 0 aliphatic heterocycles. The molecule has 0 aromatic heterocycles. The SMILES string of the molecule is Cc1cc([C@@H](N)CN(C)S(=O)(=O)c2ccc([N+](=O)[O-])cc2)ccc1Cl.Cl. The lowest BCUT2D eigenvalue weighted by molar-refractivity contribution is -0.384. The van der Waals surface area contributed by atoms with Crippen LogP contribution in [0.15, 0.2) is 47.4 Å². The van der Waals surface area contributed by atoms with Gasteiger partial charge in [-0.2, -0.15) is 4.31 Å². The predicted molar refractivity (Wildman–Crippen MR) is 103 cm³/mol. The molecule has 0 aliphatic carbocycles. The van der Waals surface area contributed by atoms with Crippen LogP contribution in [-0.4, -0.2) is 31.2 Å². The average molecular weight is 420 g/mol. The van der Waals surface area contributed by atoms with E-state index in [1.54, 1.807) is 12.1 Å². The van der Waals surface area contributed by atoms with Crippen LogP contribution in [0.4, 0.5) is 5.69 Å². The van der Waals surface area contributed by atoms with Crippen molar-refractivity contribution in [1.29, 1.82) is 0 Å². The summed E-state index contributed by atoms with van der Waals surface area (Å²) >= 11 is 5.98. The van der Waals surface area contributed by atoms with Gasteiger partial charge in [-0.3, -0.25) is 10.1 Å². The minimum atomic E-state index is -3.80. The topological polar surface area (TPSA) is 107 Å². The molecule has 1 atom stereocenters. The quantitative estimate of drug-likeness (QED) is 0.570. The fourth-order valence-electron chi connectivity index (χ4n) is 2.30. The zero-order valence-electron chi connectivity index (χ0n) is 14.1. The minimum Gasteiger partial charge on any atom is -0.323 e. The molecule has 0 spiro atoms. The molecule has 10 heteroatoms. The Morgan fingerprint density at radius 2 is 1.81 bits per heavy atom. The molecule has 142 valence electrons. The van der Waals surface area contributed by atoms with E-state index in [1.807, 2.05) is 13.0 Å². The summed E-state index contributed by atoms with van der Waals surface area (Å²) in [6.45, 7) is 1.90. The van der Waals surface area contributed by atoms with Crippen LogP contribution in [0.25, 0.3) is 0 Å². The third kappa shape index (κ3) is 4.93. The van der Waals surface area contributed by atoms with Crippen molar-refractivity contribution >= 4 is 39.7 Å². The molecule has 0 radical (unpaired) electrons. The Morgan fingerprint density at radius 1 is 1.23 bits per heavy atom. The van der Waals surface area contributed by atoms with Gasteiger partial charge >= 0.3 is 0 Å². The van der Waals surface area contributed by atoms with E-state index < -0.39 is 21.0 Å². The maximum atomic E-state index is 12.6. The second-order valence-corrected chi connectivity index (χ2v) is 8.10. The fraction of sp³-hybridized carbons (Fsp3) is 0.250. The van der Waals surface area contributed by atoms with E-state index >= 15 is 0 Å². The third-order valence-corrected chi connectivity index (χ3v) is 6.08. The van der Waals surface area contributed by atoms with E-state index in [2.05, 4.69) is 0 Å². The van der Waals surface area contributed by atoms with Gasteiger partial charge in [0.05, 0.1) is 9.82 Å². The van der Waals surface area contributed by atoms with Crippen LogP contribution in [0.1, 0.15) is 17.2 Å². The van der Waals surface area contributed by atoms with Gasteiger partial charge in [-0.15, -0.1) is 12.4 Å². The second kappa shape index (κ2) is 8.79. The highest BCUT2D eigenvalue weighted by atomic mass is 35.5. The molecule has 26 heavy (non-hydrogen) atoms. The highest BCUT2D eigenvalue weighted by Gasteiger charge is 2.24. The first kappa shape index (κ1) is 22.3. The predicted octanol–water partition coefficient (Wildman–Crippen LogP) is 3.30. The van der Waals surface area contributed by atoms with Crippen molar-refractivity contribution in [3.8, 4) is 0 Å². The van der Waals surface area contributed by atoms with E-state index in [0.717, 1.165) is 27.6 Å². The maximum absolute atomic E-state index is 12.6. The zero-order valence-corrected chi connectivity index (χ0v) is 16.5. The molecule has 2 aromatic rings. The number of non-ortho nitro benzene ring substituents is 1. The molecule has 0 bridgehead atoms. The summed E-state index contributed by atoms with van der Waals surface area (Å²) in [6, 6.07) is 9.49.